The van der Waals surface area contributed by atoms with Gasteiger partial charge in [-0.2, -0.15) is 0 Å². The largest absolute Gasteiger partial charge is 0.462 e. The number of pyridine rings is 1. The molecule has 2 aromatic rings. The van der Waals surface area contributed by atoms with Gasteiger partial charge in [0.25, 0.3) is 5.91 Å². The standard InChI is InChI=1S/C20H22N2O5/c1-4-12-27-19(24)14-6-8-15(9-7-14)22-18(23)17-11-10-16(13(3)21-17)20(25)26-5-2/h6-11H,4-5,12H2,1-3H3,(H,22,23). The second-order valence-corrected chi connectivity index (χ2v) is 5.72. The number of benzene rings is 1. The molecule has 0 radical (unpaired) electrons. The van der Waals surface area contributed by atoms with Crippen LogP contribution in [0.1, 0.15) is 57.2 Å². The molecule has 7 heteroatoms. The lowest BCUT2D eigenvalue weighted by molar-refractivity contribution is 0.0501. The van der Waals surface area contributed by atoms with Gasteiger partial charge in [-0.25, -0.2) is 14.6 Å². The van der Waals surface area contributed by atoms with E-state index in [1.165, 1.54) is 12.1 Å². The summed E-state index contributed by atoms with van der Waals surface area (Å²) in [5.74, 6) is -1.30. The Kier molecular flexibility index (Phi) is 7.05. The third-order valence-electron chi connectivity index (χ3n) is 3.63. The quantitative estimate of drug-likeness (QED) is 0.751. The first kappa shape index (κ1) is 20.1. The predicted molar refractivity (Wildman–Crippen MR) is 99.9 cm³/mol. The maximum atomic E-state index is 12.4. The number of rotatable bonds is 7. The molecule has 1 N–H and O–H groups in total. The molecular weight excluding hydrogens is 348 g/mol. The maximum absolute atomic E-state index is 12.4. The number of hydrogen-bond donors (Lipinski definition) is 1. The van der Waals surface area contributed by atoms with Gasteiger partial charge in [-0.3, -0.25) is 4.79 Å². The number of nitrogens with zero attached hydrogens (tertiary/aromatic N) is 1. The molecule has 142 valence electrons. The summed E-state index contributed by atoms with van der Waals surface area (Å²) in [6.45, 7) is 5.91. The Hall–Kier alpha value is -3.22. The molecule has 1 amide bonds. The molecule has 7 nitrogen and oxygen atoms in total. The van der Waals surface area contributed by atoms with Crippen molar-refractivity contribution in [1.82, 2.24) is 4.98 Å². The van der Waals surface area contributed by atoms with Gasteiger partial charge in [0.05, 0.1) is 30.0 Å². The average molecular weight is 370 g/mol. The number of esters is 2. The van der Waals surface area contributed by atoms with Crippen molar-refractivity contribution in [3.8, 4) is 0 Å². The van der Waals surface area contributed by atoms with Crippen molar-refractivity contribution in [3.63, 3.8) is 0 Å². The van der Waals surface area contributed by atoms with Gasteiger partial charge in [-0.1, -0.05) is 6.92 Å². The van der Waals surface area contributed by atoms with Crippen molar-refractivity contribution in [3.05, 3.63) is 58.9 Å². The molecule has 0 unspecified atom stereocenters. The fourth-order valence-electron chi connectivity index (χ4n) is 2.27. The van der Waals surface area contributed by atoms with Crippen LogP contribution in [0.15, 0.2) is 36.4 Å². The first-order valence-electron chi connectivity index (χ1n) is 8.69. The smallest absolute Gasteiger partial charge is 0.339 e. The minimum absolute atomic E-state index is 0.173. The van der Waals surface area contributed by atoms with Crippen molar-refractivity contribution in [2.75, 3.05) is 18.5 Å². The Morgan fingerprint density at radius 2 is 1.67 bits per heavy atom. The number of aromatic nitrogens is 1. The third-order valence-corrected chi connectivity index (χ3v) is 3.63. The Morgan fingerprint density at radius 3 is 2.26 bits per heavy atom. The van der Waals surface area contributed by atoms with Crippen molar-refractivity contribution < 1.29 is 23.9 Å². The molecule has 0 aliphatic heterocycles. The van der Waals surface area contributed by atoms with Crippen LogP contribution in [0.25, 0.3) is 0 Å². The topological polar surface area (TPSA) is 94.6 Å². The molecule has 0 saturated carbocycles. The number of hydrogen-bond acceptors (Lipinski definition) is 6. The highest BCUT2D eigenvalue weighted by Gasteiger charge is 2.15. The SMILES string of the molecule is CCCOC(=O)c1ccc(NC(=O)c2ccc(C(=O)OCC)c(C)n2)cc1. The maximum Gasteiger partial charge on any atom is 0.339 e. The van der Waals surface area contributed by atoms with Gasteiger partial charge in [0.2, 0.25) is 0 Å². The van der Waals surface area contributed by atoms with E-state index in [-0.39, 0.29) is 12.3 Å². The van der Waals surface area contributed by atoms with Crippen LogP contribution in [0, 0.1) is 6.92 Å². The molecule has 1 aromatic carbocycles. The van der Waals surface area contributed by atoms with Gasteiger partial charge in [-0.15, -0.1) is 0 Å². The van der Waals surface area contributed by atoms with Gasteiger partial charge < -0.3 is 14.8 Å². The monoisotopic (exact) mass is 370 g/mol. The Morgan fingerprint density at radius 1 is 0.963 bits per heavy atom. The van der Waals surface area contributed by atoms with E-state index >= 15 is 0 Å². The predicted octanol–water partition coefficient (Wildman–Crippen LogP) is 3.39. The first-order valence-corrected chi connectivity index (χ1v) is 8.69. The number of ether oxygens (including phenoxy) is 2. The van der Waals surface area contributed by atoms with Crippen LogP contribution in [0.5, 0.6) is 0 Å². The Bertz CT molecular complexity index is 831. The molecule has 0 aliphatic rings. The van der Waals surface area contributed by atoms with E-state index in [0.717, 1.165) is 6.42 Å². The lowest BCUT2D eigenvalue weighted by Crippen LogP contribution is -2.16. The lowest BCUT2D eigenvalue weighted by Gasteiger charge is -2.09. The van der Waals surface area contributed by atoms with E-state index < -0.39 is 17.8 Å². The van der Waals surface area contributed by atoms with E-state index in [9.17, 15) is 14.4 Å². The fourth-order valence-corrected chi connectivity index (χ4v) is 2.27. The summed E-state index contributed by atoms with van der Waals surface area (Å²) in [5, 5.41) is 2.70. The molecule has 0 saturated heterocycles. The molecule has 1 heterocycles. The zero-order valence-corrected chi connectivity index (χ0v) is 15.6. The molecule has 0 bridgehead atoms. The normalized spacial score (nSPS) is 10.2. The summed E-state index contributed by atoms with van der Waals surface area (Å²) in [4.78, 5) is 40.1. The van der Waals surface area contributed by atoms with Gasteiger partial charge in [0, 0.05) is 5.69 Å². The van der Waals surface area contributed by atoms with Gasteiger partial charge in [0.1, 0.15) is 5.69 Å². The summed E-state index contributed by atoms with van der Waals surface area (Å²) >= 11 is 0. The second-order valence-electron chi connectivity index (χ2n) is 5.72. The van der Waals surface area contributed by atoms with E-state index in [1.54, 1.807) is 38.1 Å². The molecule has 0 atom stereocenters. The number of carbonyl (C=O) groups is 3. The van der Waals surface area contributed by atoms with Crippen LogP contribution >= 0.6 is 0 Å². The van der Waals surface area contributed by atoms with E-state index in [1.807, 2.05) is 6.92 Å². The van der Waals surface area contributed by atoms with Gasteiger partial charge in [-0.05, 0) is 56.7 Å². The number of aryl methyl sites for hydroxylation is 1. The molecule has 2 rings (SSSR count). The molecular formula is C20H22N2O5. The third kappa shape index (κ3) is 5.37. The highest BCUT2D eigenvalue weighted by Crippen LogP contribution is 2.14. The number of nitrogens with one attached hydrogen (secondary N) is 1. The molecule has 1 aromatic heterocycles. The van der Waals surface area contributed by atoms with Crippen LogP contribution in [0.2, 0.25) is 0 Å². The van der Waals surface area contributed by atoms with E-state index in [4.69, 9.17) is 9.47 Å². The molecule has 0 spiro atoms. The van der Waals surface area contributed by atoms with Crippen molar-refractivity contribution >= 4 is 23.5 Å². The van der Waals surface area contributed by atoms with Crippen LogP contribution in [0.3, 0.4) is 0 Å². The fraction of sp³-hybridized carbons (Fsp3) is 0.300. The van der Waals surface area contributed by atoms with Crippen molar-refractivity contribution in [2.45, 2.75) is 27.2 Å². The molecule has 0 aliphatic carbocycles. The average Bonchev–Trinajstić information content (AvgIpc) is 2.66. The Balaban J connectivity index is 2.05. The lowest BCUT2D eigenvalue weighted by atomic mass is 10.1. The van der Waals surface area contributed by atoms with Gasteiger partial charge >= 0.3 is 11.9 Å². The summed E-state index contributed by atoms with van der Waals surface area (Å²) in [6, 6.07) is 9.36. The molecule has 0 fully saturated rings. The minimum atomic E-state index is -0.472. The van der Waals surface area contributed by atoms with E-state index in [0.29, 0.717) is 29.1 Å². The first-order chi connectivity index (χ1) is 13.0. The summed E-state index contributed by atoms with van der Waals surface area (Å²) in [6.07, 6.45) is 0.751. The van der Waals surface area contributed by atoms with Crippen molar-refractivity contribution in [2.24, 2.45) is 0 Å². The van der Waals surface area contributed by atoms with Crippen LogP contribution in [-0.4, -0.2) is 36.0 Å². The molecule has 27 heavy (non-hydrogen) atoms. The van der Waals surface area contributed by atoms with E-state index in [2.05, 4.69) is 10.3 Å². The van der Waals surface area contributed by atoms with Crippen LogP contribution in [-0.2, 0) is 9.47 Å². The van der Waals surface area contributed by atoms with Crippen LogP contribution in [0.4, 0.5) is 5.69 Å². The zero-order chi connectivity index (χ0) is 19.8. The van der Waals surface area contributed by atoms with Gasteiger partial charge in [0.15, 0.2) is 0 Å². The van der Waals surface area contributed by atoms with Crippen LogP contribution < -0.4 is 5.32 Å². The summed E-state index contributed by atoms with van der Waals surface area (Å²) < 4.78 is 10.00. The number of amides is 1. The highest BCUT2D eigenvalue weighted by atomic mass is 16.5. The minimum Gasteiger partial charge on any atom is -0.462 e. The number of carbonyl (C=O) groups excluding carboxylic acids is 3. The Labute approximate surface area is 157 Å². The summed E-state index contributed by atoms with van der Waals surface area (Å²) in [5.41, 5.74) is 1.83. The van der Waals surface area contributed by atoms with Crippen molar-refractivity contribution in [1.29, 1.82) is 0 Å². The number of anilines is 1. The zero-order valence-electron chi connectivity index (χ0n) is 15.6. The highest BCUT2D eigenvalue weighted by molar-refractivity contribution is 6.03. The second kappa shape index (κ2) is 9.47. The summed E-state index contributed by atoms with van der Waals surface area (Å²) in [7, 11) is 0.